The van der Waals surface area contributed by atoms with Gasteiger partial charge in [-0.05, 0) is 19.1 Å². The zero-order valence-corrected chi connectivity index (χ0v) is 10.6. The van der Waals surface area contributed by atoms with Gasteiger partial charge in [0.05, 0.1) is 5.56 Å². The maximum Gasteiger partial charge on any atom is 0.252 e. The van der Waals surface area contributed by atoms with Crippen LogP contribution in [0.4, 0.5) is 5.82 Å². The van der Waals surface area contributed by atoms with Crippen molar-refractivity contribution < 1.29 is 4.79 Å². The van der Waals surface area contributed by atoms with E-state index >= 15 is 0 Å². The van der Waals surface area contributed by atoms with Gasteiger partial charge in [0, 0.05) is 24.8 Å². The number of anilines is 1. The lowest BCUT2D eigenvalue weighted by Gasteiger charge is -2.11. The van der Waals surface area contributed by atoms with Crippen LogP contribution in [-0.2, 0) is 0 Å². The fraction of sp³-hybridized carbons (Fsp3) is 0.500. The van der Waals surface area contributed by atoms with Crippen LogP contribution in [0.5, 0.6) is 0 Å². The Bertz CT molecular complexity index is 390. The number of aromatic nitrogens is 1. The van der Waals surface area contributed by atoms with Crippen LogP contribution in [0.25, 0.3) is 0 Å². The number of pyridine rings is 1. The number of amides is 1. The molecule has 94 valence electrons. The molecular weight excluding hydrogens is 216 g/mol. The van der Waals surface area contributed by atoms with Gasteiger partial charge in [-0.1, -0.05) is 13.8 Å². The minimum Gasteiger partial charge on any atom is -0.368 e. The van der Waals surface area contributed by atoms with Gasteiger partial charge in [0.2, 0.25) is 0 Å². The predicted molar refractivity (Wildman–Crippen MR) is 69.1 cm³/mol. The molecule has 0 unspecified atom stereocenters. The average Bonchev–Trinajstić information content (AvgIpc) is 2.23. The van der Waals surface area contributed by atoms with Crippen molar-refractivity contribution in [1.29, 1.82) is 0 Å². The highest BCUT2D eigenvalue weighted by Gasteiger charge is 2.08. The van der Waals surface area contributed by atoms with Gasteiger partial charge in [-0.3, -0.25) is 4.79 Å². The van der Waals surface area contributed by atoms with Crippen LogP contribution in [0.3, 0.4) is 0 Å². The summed E-state index contributed by atoms with van der Waals surface area (Å²) in [6, 6.07) is 3.92. The molecule has 1 amide bonds. The molecule has 0 aliphatic carbocycles. The fourth-order valence-electron chi connectivity index (χ4n) is 1.43. The second-order valence-corrected chi connectivity index (χ2v) is 4.25. The molecule has 0 radical (unpaired) electrons. The van der Waals surface area contributed by atoms with Gasteiger partial charge in [0.15, 0.2) is 0 Å². The summed E-state index contributed by atoms with van der Waals surface area (Å²) < 4.78 is 0. The summed E-state index contributed by atoms with van der Waals surface area (Å²) in [5.74, 6) is 0.0971. The first kappa shape index (κ1) is 13.4. The standard InChI is InChI=1S/C12H20N4O/c1-8(2)14-6-7-15-12-10(11(13)17)5-4-9(3)16-12/h4-5,8,14H,6-7H2,1-3H3,(H2,13,17)(H,15,16). The molecule has 5 heteroatoms. The van der Waals surface area contributed by atoms with Crippen molar-refractivity contribution in [3.05, 3.63) is 23.4 Å². The smallest absolute Gasteiger partial charge is 0.252 e. The van der Waals surface area contributed by atoms with Crippen LogP contribution in [-0.4, -0.2) is 30.0 Å². The second-order valence-electron chi connectivity index (χ2n) is 4.25. The van der Waals surface area contributed by atoms with E-state index in [2.05, 4.69) is 29.5 Å². The van der Waals surface area contributed by atoms with Crippen molar-refractivity contribution in [2.45, 2.75) is 26.8 Å². The number of nitrogens with two attached hydrogens (primary N) is 1. The zero-order valence-electron chi connectivity index (χ0n) is 10.6. The average molecular weight is 236 g/mol. The van der Waals surface area contributed by atoms with Crippen LogP contribution in [0.15, 0.2) is 12.1 Å². The Hall–Kier alpha value is -1.62. The van der Waals surface area contributed by atoms with Gasteiger partial charge in [-0.25, -0.2) is 4.98 Å². The van der Waals surface area contributed by atoms with Gasteiger partial charge < -0.3 is 16.4 Å². The molecular formula is C12H20N4O. The number of carbonyl (C=O) groups is 1. The summed E-state index contributed by atoms with van der Waals surface area (Å²) in [4.78, 5) is 15.5. The summed E-state index contributed by atoms with van der Waals surface area (Å²) in [5, 5.41) is 6.39. The summed E-state index contributed by atoms with van der Waals surface area (Å²) in [7, 11) is 0. The van der Waals surface area contributed by atoms with E-state index in [-0.39, 0.29) is 0 Å². The van der Waals surface area contributed by atoms with Crippen molar-refractivity contribution in [2.75, 3.05) is 18.4 Å². The third kappa shape index (κ3) is 4.40. The molecule has 0 saturated carbocycles. The summed E-state index contributed by atoms with van der Waals surface area (Å²) in [6.07, 6.45) is 0. The Morgan fingerprint density at radius 1 is 1.41 bits per heavy atom. The van der Waals surface area contributed by atoms with Gasteiger partial charge >= 0.3 is 0 Å². The molecule has 4 N–H and O–H groups in total. The fourth-order valence-corrected chi connectivity index (χ4v) is 1.43. The summed E-state index contributed by atoms with van der Waals surface area (Å²) >= 11 is 0. The highest BCUT2D eigenvalue weighted by molar-refractivity contribution is 5.97. The monoisotopic (exact) mass is 236 g/mol. The van der Waals surface area contributed by atoms with E-state index in [1.54, 1.807) is 12.1 Å². The van der Waals surface area contributed by atoms with E-state index in [4.69, 9.17) is 5.73 Å². The molecule has 0 atom stereocenters. The lowest BCUT2D eigenvalue weighted by molar-refractivity contribution is 0.100. The number of hydrogen-bond acceptors (Lipinski definition) is 4. The maximum atomic E-state index is 11.2. The molecule has 0 spiro atoms. The van der Waals surface area contributed by atoms with E-state index < -0.39 is 5.91 Å². The first-order chi connectivity index (χ1) is 8.00. The van der Waals surface area contributed by atoms with E-state index in [1.807, 2.05) is 6.92 Å². The predicted octanol–water partition coefficient (Wildman–Crippen LogP) is 0.899. The minimum atomic E-state index is -0.461. The second kappa shape index (κ2) is 6.20. The Balaban J connectivity index is 2.62. The Morgan fingerprint density at radius 3 is 2.71 bits per heavy atom. The van der Waals surface area contributed by atoms with Gasteiger partial charge in [0.1, 0.15) is 5.82 Å². The summed E-state index contributed by atoms with van der Waals surface area (Å²) in [5.41, 5.74) is 6.57. The molecule has 1 aromatic rings. The maximum absolute atomic E-state index is 11.2. The van der Waals surface area contributed by atoms with Gasteiger partial charge in [-0.15, -0.1) is 0 Å². The first-order valence-corrected chi connectivity index (χ1v) is 5.75. The SMILES string of the molecule is Cc1ccc(C(N)=O)c(NCCNC(C)C)n1. The molecule has 5 nitrogen and oxygen atoms in total. The highest BCUT2D eigenvalue weighted by atomic mass is 16.1. The molecule has 1 aromatic heterocycles. The quantitative estimate of drug-likeness (QED) is 0.641. The summed E-state index contributed by atoms with van der Waals surface area (Å²) in [6.45, 7) is 7.56. The number of nitrogens with one attached hydrogen (secondary N) is 2. The first-order valence-electron chi connectivity index (χ1n) is 5.75. The molecule has 17 heavy (non-hydrogen) atoms. The van der Waals surface area contributed by atoms with E-state index in [0.29, 0.717) is 24.0 Å². The number of rotatable bonds is 6. The largest absolute Gasteiger partial charge is 0.368 e. The number of nitrogens with zero attached hydrogens (tertiary/aromatic N) is 1. The number of primary amides is 1. The third-order valence-corrected chi connectivity index (χ3v) is 2.27. The van der Waals surface area contributed by atoms with Crippen LogP contribution in [0.1, 0.15) is 29.9 Å². The van der Waals surface area contributed by atoms with Gasteiger partial charge in [-0.2, -0.15) is 0 Å². The molecule has 0 saturated heterocycles. The van der Waals surface area contributed by atoms with Crippen LogP contribution >= 0.6 is 0 Å². The third-order valence-electron chi connectivity index (χ3n) is 2.27. The highest BCUT2D eigenvalue weighted by Crippen LogP contribution is 2.12. The minimum absolute atomic E-state index is 0.431. The molecule has 1 rings (SSSR count). The van der Waals surface area contributed by atoms with Crippen molar-refractivity contribution in [2.24, 2.45) is 5.73 Å². The number of hydrogen-bond donors (Lipinski definition) is 3. The van der Waals surface area contributed by atoms with Crippen molar-refractivity contribution in [3.63, 3.8) is 0 Å². The normalized spacial score (nSPS) is 10.6. The molecule has 0 aliphatic heterocycles. The molecule has 0 fully saturated rings. The van der Waals surface area contributed by atoms with Crippen molar-refractivity contribution in [3.8, 4) is 0 Å². The Morgan fingerprint density at radius 2 is 2.12 bits per heavy atom. The lowest BCUT2D eigenvalue weighted by Crippen LogP contribution is -2.29. The van der Waals surface area contributed by atoms with E-state index in [9.17, 15) is 4.79 Å². The topological polar surface area (TPSA) is 80.0 Å². The Kier molecular flexibility index (Phi) is 4.90. The van der Waals surface area contributed by atoms with Crippen LogP contribution < -0.4 is 16.4 Å². The zero-order chi connectivity index (χ0) is 12.8. The van der Waals surface area contributed by atoms with Crippen molar-refractivity contribution in [1.82, 2.24) is 10.3 Å². The van der Waals surface area contributed by atoms with Crippen molar-refractivity contribution >= 4 is 11.7 Å². The number of carbonyl (C=O) groups excluding carboxylic acids is 1. The van der Waals surface area contributed by atoms with Gasteiger partial charge in [0.25, 0.3) is 5.91 Å². The Labute approximate surface area is 102 Å². The number of aryl methyl sites for hydroxylation is 1. The molecule has 0 bridgehead atoms. The molecule has 0 aliphatic rings. The lowest BCUT2D eigenvalue weighted by atomic mass is 10.2. The molecule has 0 aromatic carbocycles. The van der Waals surface area contributed by atoms with E-state index in [1.165, 1.54) is 0 Å². The van der Waals surface area contributed by atoms with Crippen LogP contribution in [0.2, 0.25) is 0 Å². The van der Waals surface area contributed by atoms with Crippen LogP contribution in [0, 0.1) is 6.92 Å². The molecule has 1 heterocycles. The van der Waals surface area contributed by atoms with E-state index in [0.717, 1.165) is 12.2 Å².